The standard InChI is InChI=1S/C18H12BrClO/c1-11-6-8-15(14-5-3-2-4-13(11)14)18(21)16-10-12(19)7-9-17(16)20/h2-10H,1H3. The highest BCUT2D eigenvalue weighted by Crippen LogP contribution is 2.28. The number of carbonyl (C=O) groups is 1. The monoisotopic (exact) mass is 358 g/mol. The van der Waals surface area contributed by atoms with E-state index in [0.29, 0.717) is 16.1 Å². The second kappa shape index (κ2) is 5.63. The van der Waals surface area contributed by atoms with Crippen LogP contribution in [0.5, 0.6) is 0 Å². The van der Waals surface area contributed by atoms with E-state index >= 15 is 0 Å². The maximum Gasteiger partial charge on any atom is 0.195 e. The average Bonchev–Trinajstić information content (AvgIpc) is 2.50. The van der Waals surface area contributed by atoms with Gasteiger partial charge >= 0.3 is 0 Å². The molecule has 0 bridgehead atoms. The van der Waals surface area contributed by atoms with Gasteiger partial charge in [0.05, 0.1) is 5.02 Å². The molecular formula is C18H12BrClO. The van der Waals surface area contributed by atoms with Gasteiger partial charge in [0.1, 0.15) is 0 Å². The molecule has 0 spiro atoms. The van der Waals surface area contributed by atoms with E-state index in [1.54, 1.807) is 12.1 Å². The van der Waals surface area contributed by atoms with Crippen LogP contribution in [0.4, 0.5) is 0 Å². The molecule has 0 N–H and O–H groups in total. The van der Waals surface area contributed by atoms with Crippen LogP contribution in [0.1, 0.15) is 21.5 Å². The minimum Gasteiger partial charge on any atom is -0.289 e. The lowest BCUT2D eigenvalue weighted by Crippen LogP contribution is -2.03. The number of hydrogen-bond acceptors (Lipinski definition) is 1. The SMILES string of the molecule is Cc1ccc(C(=O)c2cc(Br)ccc2Cl)c2ccccc12. The average molecular weight is 360 g/mol. The summed E-state index contributed by atoms with van der Waals surface area (Å²) in [5.74, 6) is -0.0579. The topological polar surface area (TPSA) is 17.1 Å². The first kappa shape index (κ1) is 14.3. The number of fused-ring (bicyclic) bond motifs is 1. The third-order valence-corrected chi connectivity index (χ3v) is 4.38. The van der Waals surface area contributed by atoms with Gasteiger partial charge in [-0.15, -0.1) is 0 Å². The fraction of sp³-hybridized carbons (Fsp3) is 0.0556. The fourth-order valence-corrected chi connectivity index (χ4v) is 3.03. The van der Waals surface area contributed by atoms with Gasteiger partial charge in [0, 0.05) is 15.6 Å². The first-order valence-corrected chi connectivity index (χ1v) is 7.73. The predicted molar refractivity (Wildman–Crippen MR) is 91.3 cm³/mol. The zero-order valence-electron chi connectivity index (χ0n) is 11.4. The van der Waals surface area contributed by atoms with Gasteiger partial charge in [-0.05, 0) is 41.5 Å². The molecule has 0 aliphatic heterocycles. The Bertz CT molecular complexity index is 855. The molecule has 21 heavy (non-hydrogen) atoms. The number of halogens is 2. The van der Waals surface area contributed by atoms with Crippen molar-refractivity contribution in [3.8, 4) is 0 Å². The van der Waals surface area contributed by atoms with Crippen LogP contribution in [-0.4, -0.2) is 5.78 Å². The Kier molecular flexibility index (Phi) is 3.83. The van der Waals surface area contributed by atoms with Crippen molar-refractivity contribution in [2.24, 2.45) is 0 Å². The molecule has 3 heteroatoms. The van der Waals surface area contributed by atoms with Crippen LogP contribution in [0.15, 0.2) is 59.1 Å². The predicted octanol–water partition coefficient (Wildman–Crippen LogP) is 5.80. The molecule has 3 rings (SSSR count). The second-order valence-corrected chi connectivity index (χ2v) is 6.25. The van der Waals surface area contributed by atoms with E-state index in [9.17, 15) is 4.79 Å². The molecule has 0 aliphatic carbocycles. The molecule has 0 aliphatic rings. The number of rotatable bonds is 2. The summed E-state index contributed by atoms with van der Waals surface area (Å²) in [6.07, 6.45) is 0. The summed E-state index contributed by atoms with van der Waals surface area (Å²) in [7, 11) is 0. The van der Waals surface area contributed by atoms with Crippen molar-refractivity contribution in [2.45, 2.75) is 6.92 Å². The first-order chi connectivity index (χ1) is 10.1. The number of hydrogen-bond donors (Lipinski definition) is 0. The largest absolute Gasteiger partial charge is 0.289 e. The van der Waals surface area contributed by atoms with E-state index in [4.69, 9.17) is 11.6 Å². The summed E-state index contributed by atoms with van der Waals surface area (Å²) in [4.78, 5) is 12.8. The number of benzene rings is 3. The Morgan fingerprint density at radius 3 is 2.43 bits per heavy atom. The van der Waals surface area contributed by atoms with Crippen LogP contribution < -0.4 is 0 Å². The highest BCUT2D eigenvalue weighted by molar-refractivity contribution is 9.10. The van der Waals surface area contributed by atoms with Crippen LogP contribution in [0.2, 0.25) is 5.02 Å². The lowest BCUT2D eigenvalue weighted by atomic mass is 9.95. The third-order valence-electron chi connectivity index (χ3n) is 3.56. The summed E-state index contributed by atoms with van der Waals surface area (Å²) in [5, 5.41) is 2.51. The highest BCUT2D eigenvalue weighted by Gasteiger charge is 2.16. The zero-order chi connectivity index (χ0) is 15.0. The number of ketones is 1. The van der Waals surface area contributed by atoms with Crippen LogP contribution in [0, 0.1) is 6.92 Å². The van der Waals surface area contributed by atoms with Crippen molar-refractivity contribution in [3.63, 3.8) is 0 Å². The Hall–Kier alpha value is -1.64. The van der Waals surface area contributed by atoms with E-state index in [1.165, 1.54) is 0 Å². The van der Waals surface area contributed by atoms with E-state index in [1.807, 2.05) is 49.4 Å². The molecule has 1 nitrogen and oxygen atoms in total. The molecule has 3 aromatic rings. The Morgan fingerprint density at radius 1 is 0.952 bits per heavy atom. The summed E-state index contributed by atoms with van der Waals surface area (Å²) >= 11 is 9.57. The van der Waals surface area contributed by atoms with Crippen molar-refractivity contribution < 1.29 is 4.79 Å². The van der Waals surface area contributed by atoms with Crippen LogP contribution in [-0.2, 0) is 0 Å². The van der Waals surface area contributed by atoms with Gasteiger partial charge in [-0.25, -0.2) is 0 Å². The Morgan fingerprint density at radius 2 is 1.67 bits per heavy atom. The molecule has 0 atom stereocenters. The first-order valence-electron chi connectivity index (χ1n) is 6.56. The molecule has 0 amide bonds. The van der Waals surface area contributed by atoms with Gasteiger partial charge in [-0.1, -0.05) is 63.9 Å². The van der Waals surface area contributed by atoms with Gasteiger partial charge < -0.3 is 0 Å². The second-order valence-electron chi connectivity index (χ2n) is 4.93. The van der Waals surface area contributed by atoms with Crippen molar-refractivity contribution >= 4 is 44.1 Å². The van der Waals surface area contributed by atoms with Gasteiger partial charge in [-0.3, -0.25) is 4.79 Å². The molecule has 0 saturated heterocycles. The van der Waals surface area contributed by atoms with Gasteiger partial charge in [-0.2, -0.15) is 0 Å². The normalized spacial score (nSPS) is 10.8. The Labute approximate surface area is 136 Å². The molecule has 104 valence electrons. The van der Waals surface area contributed by atoms with Gasteiger partial charge in [0.15, 0.2) is 5.78 Å². The maximum absolute atomic E-state index is 12.8. The maximum atomic E-state index is 12.8. The van der Waals surface area contributed by atoms with Gasteiger partial charge in [0.2, 0.25) is 0 Å². The molecule has 0 aromatic heterocycles. The zero-order valence-corrected chi connectivity index (χ0v) is 13.7. The van der Waals surface area contributed by atoms with E-state index < -0.39 is 0 Å². The number of carbonyl (C=O) groups excluding carboxylic acids is 1. The van der Waals surface area contributed by atoms with Crippen LogP contribution in [0.3, 0.4) is 0 Å². The minimum absolute atomic E-state index is 0.0579. The third kappa shape index (κ3) is 2.61. The molecule has 0 radical (unpaired) electrons. The van der Waals surface area contributed by atoms with Crippen molar-refractivity contribution in [1.82, 2.24) is 0 Å². The van der Waals surface area contributed by atoms with E-state index in [-0.39, 0.29) is 5.78 Å². The quantitative estimate of drug-likeness (QED) is 0.529. The molecule has 0 unspecified atom stereocenters. The van der Waals surface area contributed by atoms with Crippen molar-refractivity contribution in [3.05, 3.63) is 80.8 Å². The molecular weight excluding hydrogens is 348 g/mol. The fourth-order valence-electron chi connectivity index (χ4n) is 2.46. The van der Waals surface area contributed by atoms with Gasteiger partial charge in [0.25, 0.3) is 0 Å². The summed E-state index contributed by atoms with van der Waals surface area (Å²) in [6, 6.07) is 17.1. The van der Waals surface area contributed by atoms with Crippen molar-refractivity contribution in [1.29, 1.82) is 0 Å². The van der Waals surface area contributed by atoms with Crippen molar-refractivity contribution in [2.75, 3.05) is 0 Å². The molecule has 0 heterocycles. The highest BCUT2D eigenvalue weighted by atomic mass is 79.9. The molecule has 0 fully saturated rings. The Balaban J connectivity index is 2.23. The molecule has 0 saturated carbocycles. The van der Waals surface area contributed by atoms with Crippen LogP contribution in [0.25, 0.3) is 10.8 Å². The summed E-state index contributed by atoms with van der Waals surface area (Å²) in [5.41, 5.74) is 2.35. The summed E-state index contributed by atoms with van der Waals surface area (Å²) < 4.78 is 0.840. The lowest BCUT2D eigenvalue weighted by Gasteiger charge is -2.09. The summed E-state index contributed by atoms with van der Waals surface area (Å²) in [6.45, 7) is 2.04. The smallest absolute Gasteiger partial charge is 0.195 e. The molecule has 3 aromatic carbocycles. The minimum atomic E-state index is -0.0579. The lowest BCUT2D eigenvalue weighted by molar-refractivity contribution is 0.104. The number of aryl methyl sites for hydroxylation is 1. The van der Waals surface area contributed by atoms with Crippen LogP contribution >= 0.6 is 27.5 Å². The van der Waals surface area contributed by atoms with E-state index in [2.05, 4.69) is 15.9 Å². The van der Waals surface area contributed by atoms with E-state index in [0.717, 1.165) is 20.8 Å².